The third-order valence-corrected chi connectivity index (χ3v) is 6.36. The Bertz CT molecular complexity index is 1060. The molecule has 1 aliphatic rings. The Morgan fingerprint density at radius 1 is 0.964 bits per heavy atom. The average Bonchev–Trinajstić information content (AvgIpc) is 2.74. The fraction of sp³-hybridized carbons (Fsp3) is 0.238. The molecule has 0 radical (unpaired) electrons. The molecule has 0 unspecified atom stereocenters. The van der Waals surface area contributed by atoms with Gasteiger partial charge < -0.3 is 4.90 Å². The summed E-state index contributed by atoms with van der Waals surface area (Å²) in [7, 11) is -3.68. The highest BCUT2D eigenvalue weighted by atomic mass is 32.2. The Hall–Kier alpha value is -2.93. The van der Waals surface area contributed by atoms with E-state index in [1.54, 1.807) is 24.3 Å². The highest BCUT2D eigenvalue weighted by Gasteiger charge is 2.19. The van der Waals surface area contributed by atoms with E-state index in [2.05, 4.69) is 38.0 Å². The lowest BCUT2D eigenvalue weighted by molar-refractivity contribution is 0.601. The molecule has 2 heterocycles. The molecular formula is C21H22N4O2S. The maximum absolute atomic E-state index is 12.5. The van der Waals surface area contributed by atoms with E-state index >= 15 is 0 Å². The van der Waals surface area contributed by atoms with Gasteiger partial charge in [-0.1, -0.05) is 43.3 Å². The molecule has 0 saturated heterocycles. The summed E-state index contributed by atoms with van der Waals surface area (Å²) >= 11 is 0. The van der Waals surface area contributed by atoms with Gasteiger partial charge in [-0.05, 0) is 53.8 Å². The first kappa shape index (κ1) is 18.4. The Morgan fingerprint density at radius 3 is 2.39 bits per heavy atom. The van der Waals surface area contributed by atoms with Crippen LogP contribution < -0.4 is 9.62 Å². The van der Waals surface area contributed by atoms with E-state index in [9.17, 15) is 8.42 Å². The number of nitrogens with one attached hydrogen (secondary N) is 1. The van der Waals surface area contributed by atoms with Gasteiger partial charge in [0.15, 0.2) is 11.6 Å². The second-order valence-electron chi connectivity index (χ2n) is 6.82. The van der Waals surface area contributed by atoms with Gasteiger partial charge in [0.05, 0.1) is 4.90 Å². The van der Waals surface area contributed by atoms with Crippen LogP contribution >= 0.6 is 0 Å². The SMILES string of the molecule is CCc1ccc(S(=O)(=O)Nc2ccc(N3CCc4ccccc4C3)nn2)cc1. The number of benzene rings is 2. The van der Waals surface area contributed by atoms with Crippen molar-refractivity contribution in [1.29, 1.82) is 0 Å². The first-order valence-electron chi connectivity index (χ1n) is 9.32. The second kappa shape index (κ2) is 7.59. The monoisotopic (exact) mass is 394 g/mol. The molecule has 0 saturated carbocycles. The predicted octanol–water partition coefficient (Wildman–Crippen LogP) is 3.40. The predicted molar refractivity (Wildman–Crippen MR) is 110 cm³/mol. The summed E-state index contributed by atoms with van der Waals surface area (Å²) < 4.78 is 27.6. The van der Waals surface area contributed by atoms with E-state index < -0.39 is 10.0 Å². The summed E-state index contributed by atoms with van der Waals surface area (Å²) in [6.07, 6.45) is 1.82. The molecule has 1 aliphatic heterocycles. The average molecular weight is 395 g/mol. The van der Waals surface area contributed by atoms with Gasteiger partial charge in [0.2, 0.25) is 0 Å². The quantitative estimate of drug-likeness (QED) is 0.718. The fourth-order valence-electron chi connectivity index (χ4n) is 3.34. The fourth-order valence-corrected chi connectivity index (χ4v) is 4.34. The van der Waals surface area contributed by atoms with Crippen molar-refractivity contribution in [2.45, 2.75) is 31.2 Å². The number of rotatable bonds is 5. The van der Waals surface area contributed by atoms with Crippen molar-refractivity contribution in [3.8, 4) is 0 Å². The van der Waals surface area contributed by atoms with Crippen molar-refractivity contribution in [2.24, 2.45) is 0 Å². The number of sulfonamides is 1. The topological polar surface area (TPSA) is 75.2 Å². The number of aromatic nitrogens is 2. The summed E-state index contributed by atoms with van der Waals surface area (Å²) in [4.78, 5) is 2.36. The zero-order chi connectivity index (χ0) is 19.6. The van der Waals surface area contributed by atoms with Gasteiger partial charge in [-0.25, -0.2) is 8.42 Å². The molecule has 6 nitrogen and oxygen atoms in total. The van der Waals surface area contributed by atoms with Crippen molar-refractivity contribution in [2.75, 3.05) is 16.2 Å². The summed E-state index contributed by atoms with van der Waals surface area (Å²) in [5, 5.41) is 8.30. The molecule has 2 aromatic carbocycles. The van der Waals surface area contributed by atoms with Crippen molar-refractivity contribution >= 4 is 21.7 Å². The molecular weight excluding hydrogens is 372 g/mol. The van der Waals surface area contributed by atoms with Crippen LogP contribution in [0.2, 0.25) is 0 Å². The lowest BCUT2D eigenvalue weighted by Crippen LogP contribution is -2.31. The van der Waals surface area contributed by atoms with E-state index in [1.165, 1.54) is 11.1 Å². The highest BCUT2D eigenvalue weighted by Crippen LogP contribution is 2.23. The minimum atomic E-state index is -3.68. The Balaban J connectivity index is 1.47. The molecule has 0 amide bonds. The smallest absolute Gasteiger partial charge is 0.263 e. The van der Waals surface area contributed by atoms with E-state index in [1.807, 2.05) is 25.1 Å². The van der Waals surface area contributed by atoms with Gasteiger partial charge in [-0.3, -0.25) is 4.72 Å². The standard InChI is InChI=1S/C21H22N4O2S/c1-2-16-7-9-19(10-8-16)28(26,27)24-20-11-12-21(23-22-20)25-14-13-17-5-3-4-6-18(17)15-25/h3-12H,2,13-15H2,1H3,(H,22,24). The third-order valence-electron chi connectivity index (χ3n) is 4.99. The molecule has 3 aromatic rings. The number of nitrogens with zero attached hydrogens (tertiary/aromatic N) is 3. The van der Waals surface area contributed by atoms with Crippen LogP contribution in [0.3, 0.4) is 0 Å². The van der Waals surface area contributed by atoms with Crippen LogP contribution in [0.1, 0.15) is 23.6 Å². The Morgan fingerprint density at radius 2 is 1.71 bits per heavy atom. The molecule has 0 fully saturated rings. The van der Waals surface area contributed by atoms with Crippen LogP contribution in [0.5, 0.6) is 0 Å². The van der Waals surface area contributed by atoms with Crippen LogP contribution in [0, 0.1) is 0 Å². The van der Waals surface area contributed by atoms with E-state index in [4.69, 9.17) is 0 Å². The lowest BCUT2D eigenvalue weighted by Gasteiger charge is -2.29. The molecule has 0 aliphatic carbocycles. The van der Waals surface area contributed by atoms with Crippen LogP contribution in [-0.2, 0) is 29.4 Å². The van der Waals surface area contributed by atoms with E-state index in [0.717, 1.165) is 37.3 Å². The first-order chi connectivity index (χ1) is 13.5. The molecule has 0 atom stereocenters. The van der Waals surface area contributed by atoms with Crippen molar-refractivity contribution in [3.63, 3.8) is 0 Å². The van der Waals surface area contributed by atoms with E-state index in [0.29, 0.717) is 0 Å². The van der Waals surface area contributed by atoms with Crippen molar-refractivity contribution in [1.82, 2.24) is 10.2 Å². The number of aryl methyl sites for hydroxylation is 1. The van der Waals surface area contributed by atoms with Crippen LogP contribution in [0.4, 0.5) is 11.6 Å². The van der Waals surface area contributed by atoms with Gasteiger partial charge in [0.25, 0.3) is 10.0 Å². The first-order valence-corrected chi connectivity index (χ1v) is 10.8. The van der Waals surface area contributed by atoms with Crippen molar-refractivity contribution in [3.05, 3.63) is 77.4 Å². The highest BCUT2D eigenvalue weighted by molar-refractivity contribution is 7.92. The number of hydrogen-bond acceptors (Lipinski definition) is 5. The molecule has 7 heteroatoms. The largest absolute Gasteiger partial charge is 0.350 e. The normalized spacial score (nSPS) is 13.8. The molecule has 144 valence electrons. The van der Waals surface area contributed by atoms with Crippen LogP contribution in [0.15, 0.2) is 65.6 Å². The number of fused-ring (bicyclic) bond motifs is 1. The zero-order valence-electron chi connectivity index (χ0n) is 15.7. The Labute approximate surface area is 165 Å². The van der Waals surface area contributed by atoms with Crippen LogP contribution in [-0.4, -0.2) is 25.2 Å². The maximum Gasteiger partial charge on any atom is 0.263 e. The lowest BCUT2D eigenvalue weighted by atomic mass is 10.00. The van der Waals surface area contributed by atoms with Crippen LogP contribution in [0.25, 0.3) is 0 Å². The number of hydrogen-bond donors (Lipinski definition) is 1. The second-order valence-corrected chi connectivity index (χ2v) is 8.50. The number of anilines is 2. The summed E-state index contributed by atoms with van der Waals surface area (Å²) in [5.74, 6) is 0.950. The molecule has 0 spiro atoms. The molecule has 1 N–H and O–H groups in total. The van der Waals surface area contributed by atoms with Gasteiger partial charge in [0.1, 0.15) is 0 Å². The molecule has 28 heavy (non-hydrogen) atoms. The minimum Gasteiger partial charge on any atom is -0.350 e. The summed E-state index contributed by atoms with van der Waals surface area (Å²) in [5.41, 5.74) is 3.74. The summed E-state index contributed by atoms with van der Waals surface area (Å²) in [6, 6.07) is 18.7. The Kier molecular flexibility index (Phi) is 5.00. The van der Waals surface area contributed by atoms with Crippen molar-refractivity contribution < 1.29 is 8.42 Å². The summed E-state index contributed by atoms with van der Waals surface area (Å²) in [6.45, 7) is 3.67. The molecule has 1 aromatic heterocycles. The zero-order valence-corrected chi connectivity index (χ0v) is 16.5. The van der Waals surface area contributed by atoms with Gasteiger partial charge in [0, 0.05) is 13.1 Å². The third kappa shape index (κ3) is 3.84. The molecule has 4 rings (SSSR count). The molecule has 0 bridgehead atoms. The minimum absolute atomic E-state index is 0.209. The maximum atomic E-state index is 12.5. The van der Waals surface area contributed by atoms with E-state index in [-0.39, 0.29) is 10.7 Å². The van der Waals surface area contributed by atoms with Gasteiger partial charge in [-0.15, -0.1) is 10.2 Å². The van der Waals surface area contributed by atoms with Gasteiger partial charge in [-0.2, -0.15) is 0 Å². The van der Waals surface area contributed by atoms with Gasteiger partial charge >= 0.3 is 0 Å².